The molecule has 2 aromatic rings. The first kappa shape index (κ1) is 14.5. The number of H-pyrrole nitrogens is 1. The Morgan fingerprint density at radius 2 is 2.15 bits per heavy atom. The summed E-state index contributed by atoms with van der Waals surface area (Å²) in [5.74, 6) is -0.146. The van der Waals surface area contributed by atoms with Crippen molar-refractivity contribution in [2.75, 3.05) is 6.54 Å². The summed E-state index contributed by atoms with van der Waals surface area (Å²) in [4.78, 5) is 27.1. The summed E-state index contributed by atoms with van der Waals surface area (Å²) in [5.41, 5.74) is 0.978. The van der Waals surface area contributed by atoms with Crippen molar-refractivity contribution in [2.45, 2.75) is 26.8 Å². The third-order valence-corrected chi connectivity index (χ3v) is 3.42. The Bertz CT molecular complexity index is 761. The average Bonchev–Trinajstić information content (AvgIpc) is 2.44. The number of aromatic nitrogens is 2. The number of nitrogens with zero attached hydrogens (tertiary/aromatic N) is 1. The number of carbonyl (C=O) groups excluding carboxylic acids is 1. The molecule has 1 heterocycles. The average molecular weight is 291 g/mol. The molecule has 0 atom stereocenters. The van der Waals surface area contributed by atoms with E-state index in [4.69, 9.17) is 12.2 Å². The summed E-state index contributed by atoms with van der Waals surface area (Å²) >= 11 is 5.15. The molecule has 1 aromatic carbocycles. The molecule has 1 aromatic heterocycles. The standard InChI is InChI=1S/C14H17N3O2S/c1-3-7-15-12(18)9-5-6-10-11(8-9)16-14(20)17(4-2)13(10)19/h5-6,8H,3-4,7H2,1-2H3,(H,15,18)(H,16,20). The van der Waals surface area contributed by atoms with Gasteiger partial charge in [0.05, 0.1) is 10.9 Å². The van der Waals surface area contributed by atoms with Crippen molar-refractivity contribution in [1.82, 2.24) is 14.9 Å². The topological polar surface area (TPSA) is 66.9 Å². The first-order chi connectivity index (χ1) is 9.58. The number of benzene rings is 1. The van der Waals surface area contributed by atoms with Crippen LogP contribution in [0.1, 0.15) is 30.6 Å². The van der Waals surface area contributed by atoms with Crippen molar-refractivity contribution >= 4 is 29.0 Å². The lowest BCUT2D eigenvalue weighted by atomic mass is 10.1. The van der Waals surface area contributed by atoms with Crippen LogP contribution in [0.2, 0.25) is 0 Å². The van der Waals surface area contributed by atoms with Crippen LogP contribution in [0.15, 0.2) is 23.0 Å². The van der Waals surface area contributed by atoms with E-state index in [1.165, 1.54) is 4.57 Å². The fourth-order valence-corrected chi connectivity index (χ4v) is 2.35. The zero-order valence-electron chi connectivity index (χ0n) is 11.5. The second kappa shape index (κ2) is 6.00. The lowest BCUT2D eigenvalue weighted by Crippen LogP contribution is -2.25. The highest BCUT2D eigenvalue weighted by Gasteiger charge is 2.09. The first-order valence-electron chi connectivity index (χ1n) is 6.63. The lowest BCUT2D eigenvalue weighted by Gasteiger charge is -2.07. The first-order valence-corrected chi connectivity index (χ1v) is 7.04. The fourth-order valence-electron chi connectivity index (χ4n) is 2.02. The Morgan fingerprint density at radius 1 is 1.40 bits per heavy atom. The minimum absolute atomic E-state index is 0.133. The van der Waals surface area contributed by atoms with Crippen molar-refractivity contribution < 1.29 is 4.79 Å². The molecule has 20 heavy (non-hydrogen) atoms. The maximum absolute atomic E-state index is 12.2. The van der Waals surface area contributed by atoms with Crippen molar-refractivity contribution in [2.24, 2.45) is 0 Å². The van der Waals surface area contributed by atoms with Crippen molar-refractivity contribution in [3.8, 4) is 0 Å². The second-order valence-electron chi connectivity index (χ2n) is 4.50. The van der Waals surface area contributed by atoms with Crippen LogP contribution >= 0.6 is 12.2 Å². The number of hydrogen-bond acceptors (Lipinski definition) is 3. The van der Waals surface area contributed by atoms with Gasteiger partial charge >= 0.3 is 0 Å². The number of carbonyl (C=O) groups is 1. The highest BCUT2D eigenvalue weighted by atomic mass is 32.1. The van der Waals surface area contributed by atoms with E-state index in [1.807, 2.05) is 13.8 Å². The SMILES string of the molecule is CCCNC(=O)c1ccc2c(=O)n(CC)c(=S)[nH]c2c1. The van der Waals surface area contributed by atoms with Gasteiger partial charge in [0, 0.05) is 18.7 Å². The number of nitrogens with one attached hydrogen (secondary N) is 2. The Labute approximate surface area is 121 Å². The van der Waals surface area contributed by atoms with E-state index in [9.17, 15) is 9.59 Å². The third kappa shape index (κ3) is 2.65. The molecule has 0 saturated carbocycles. The van der Waals surface area contributed by atoms with Gasteiger partial charge in [0.25, 0.3) is 11.5 Å². The highest BCUT2D eigenvalue weighted by Crippen LogP contribution is 2.10. The predicted molar refractivity (Wildman–Crippen MR) is 81.7 cm³/mol. The predicted octanol–water partition coefficient (Wildman–Crippen LogP) is 2.22. The molecule has 0 unspecified atom stereocenters. The van der Waals surface area contributed by atoms with E-state index in [0.717, 1.165) is 6.42 Å². The van der Waals surface area contributed by atoms with Gasteiger partial charge in [-0.2, -0.15) is 0 Å². The number of hydrogen-bond donors (Lipinski definition) is 2. The molecule has 0 aliphatic rings. The quantitative estimate of drug-likeness (QED) is 0.849. The third-order valence-electron chi connectivity index (χ3n) is 3.10. The van der Waals surface area contributed by atoms with E-state index in [2.05, 4.69) is 10.3 Å². The summed E-state index contributed by atoms with van der Waals surface area (Å²) < 4.78 is 1.87. The van der Waals surface area contributed by atoms with Crippen LogP contribution in [-0.2, 0) is 6.54 Å². The fraction of sp³-hybridized carbons (Fsp3) is 0.357. The van der Waals surface area contributed by atoms with E-state index in [1.54, 1.807) is 18.2 Å². The molecule has 0 aliphatic carbocycles. The van der Waals surface area contributed by atoms with Crippen LogP contribution in [0.5, 0.6) is 0 Å². The normalized spacial score (nSPS) is 10.7. The molecule has 0 fully saturated rings. The minimum atomic E-state index is -0.146. The smallest absolute Gasteiger partial charge is 0.262 e. The summed E-state index contributed by atoms with van der Waals surface area (Å²) in [6, 6.07) is 4.99. The van der Waals surface area contributed by atoms with Gasteiger partial charge in [-0.15, -0.1) is 0 Å². The summed E-state index contributed by atoms with van der Waals surface area (Å²) in [7, 11) is 0. The van der Waals surface area contributed by atoms with Crippen LogP contribution in [-0.4, -0.2) is 22.0 Å². The van der Waals surface area contributed by atoms with Crippen molar-refractivity contribution in [3.05, 3.63) is 38.9 Å². The van der Waals surface area contributed by atoms with Crippen LogP contribution in [0, 0.1) is 4.77 Å². The molecule has 0 saturated heterocycles. The van der Waals surface area contributed by atoms with E-state index in [-0.39, 0.29) is 11.5 Å². The van der Waals surface area contributed by atoms with E-state index < -0.39 is 0 Å². The Kier molecular flexibility index (Phi) is 4.34. The van der Waals surface area contributed by atoms with Crippen LogP contribution < -0.4 is 10.9 Å². The molecule has 0 spiro atoms. The molecule has 5 nitrogen and oxygen atoms in total. The maximum atomic E-state index is 12.2. The molecule has 0 radical (unpaired) electrons. The summed E-state index contributed by atoms with van der Waals surface area (Å²) in [6.07, 6.45) is 0.878. The number of amides is 1. The molecule has 0 aliphatic heterocycles. The molecule has 106 valence electrons. The van der Waals surface area contributed by atoms with Gasteiger partial charge in [-0.25, -0.2) is 0 Å². The minimum Gasteiger partial charge on any atom is -0.352 e. The van der Waals surface area contributed by atoms with Crippen LogP contribution in [0.25, 0.3) is 10.9 Å². The second-order valence-corrected chi connectivity index (χ2v) is 4.88. The molecular weight excluding hydrogens is 274 g/mol. The van der Waals surface area contributed by atoms with Crippen molar-refractivity contribution in [1.29, 1.82) is 0 Å². The number of aromatic amines is 1. The van der Waals surface area contributed by atoms with Gasteiger partial charge in [-0.05, 0) is 43.8 Å². The van der Waals surface area contributed by atoms with Gasteiger partial charge in [-0.3, -0.25) is 14.2 Å². The van der Waals surface area contributed by atoms with Crippen LogP contribution in [0.3, 0.4) is 0 Å². The molecule has 0 bridgehead atoms. The van der Waals surface area contributed by atoms with Gasteiger partial charge in [0.2, 0.25) is 0 Å². The summed E-state index contributed by atoms with van der Waals surface area (Å²) in [6.45, 7) is 5.00. The zero-order valence-corrected chi connectivity index (χ0v) is 12.3. The van der Waals surface area contributed by atoms with Gasteiger partial charge in [0.15, 0.2) is 4.77 Å². The Morgan fingerprint density at radius 3 is 2.80 bits per heavy atom. The Balaban J connectivity index is 2.53. The molecular formula is C14H17N3O2S. The summed E-state index contributed by atoms with van der Waals surface area (Å²) in [5, 5.41) is 3.34. The molecule has 2 rings (SSSR count). The molecule has 1 amide bonds. The molecule has 2 N–H and O–H groups in total. The van der Waals surface area contributed by atoms with Gasteiger partial charge < -0.3 is 10.3 Å². The lowest BCUT2D eigenvalue weighted by molar-refractivity contribution is 0.0954. The number of fused-ring (bicyclic) bond motifs is 1. The van der Waals surface area contributed by atoms with Gasteiger partial charge in [0.1, 0.15) is 0 Å². The highest BCUT2D eigenvalue weighted by molar-refractivity contribution is 7.71. The Hall–Kier alpha value is -1.95. The molecule has 6 heteroatoms. The van der Waals surface area contributed by atoms with Gasteiger partial charge in [-0.1, -0.05) is 6.92 Å². The largest absolute Gasteiger partial charge is 0.352 e. The maximum Gasteiger partial charge on any atom is 0.262 e. The zero-order chi connectivity index (χ0) is 14.7. The van der Waals surface area contributed by atoms with E-state index in [0.29, 0.717) is 34.3 Å². The van der Waals surface area contributed by atoms with Crippen LogP contribution in [0.4, 0.5) is 0 Å². The monoisotopic (exact) mass is 291 g/mol. The number of rotatable bonds is 4. The van der Waals surface area contributed by atoms with Crippen molar-refractivity contribution in [3.63, 3.8) is 0 Å². The van der Waals surface area contributed by atoms with E-state index >= 15 is 0 Å².